The first-order valence-corrected chi connectivity index (χ1v) is 10.9. The number of nitrogens with zero attached hydrogens (tertiary/aromatic N) is 2. The van der Waals surface area contributed by atoms with E-state index in [2.05, 4.69) is 0 Å². The largest absolute Gasteiger partial charge is 0.338 e. The van der Waals surface area contributed by atoms with Gasteiger partial charge in [0.1, 0.15) is 0 Å². The Morgan fingerprint density at radius 3 is 2.23 bits per heavy atom. The normalized spacial score (nSPS) is 16.0. The average molecular weight is 413 g/mol. The van der Waals surface area contributed by atoms with E-state index in [4.69, 9.17) is 0 Å². The minimum atomic E-state index is -0.202. The fourth-order valence-electron chi connectivity index (χ4n) is 4.13. The minimum absolute atomic E-state index is 0.00632. The number of hydrogen-bond donors (Lipinski definition) is 0. The number of carbonyl (C=O) groups is 2. The van der Waals surface area contributed by atoms with Gasteiger partial charge in [-0.3, -0.25) is 9.59 Å². The van der Waals surface area contributed by atoms with Gasteiger partial charge in [0.15, 0.2) is 0 Å². The second kappa shape index (κ2) is 9.61. The van der Waals surface area contributed by atoms with Crippen LogP contribution in [0.4, 0.5) is 5.69 Å². The Kier molecular flexibility index (Phi) is 6.46. The number of rotatable bonds is 5. The molecule has 31 heavy (non-hydrogen) atoms. The Morgan fingerprint density at radius 2 is 1.55 bits per heavy atom. The maximum atomic E-state index is 13.6. The van der Waals surface area contributed by atoms with E-state index in [0.29, 0.717) is 25.2 Å². The molecule has 0 radical (unpaired) electrons. The van der Waals surface area contributed by atoms with E-state index >= 15 is 0 Å². The first-order valence-electron chi connectivity index (χ1n) is 10.9. The molecule has 0 spiro atoms. The molecule has 3 aromatic rings. The van der Waals surface area contributed by atoms with Gasteiger partial charge in [0, 0.05) is 24.3 Å². The van der Waals surface area contributed by atoms with Gasteiger partial charge < -0.3 is 9.80 Å². The van der Waals surface area contributed by atoms with Crippen molar-refractivity contribution in [3.8, 4) is 0 Å². The number of anilines is 1. The molecule has 0 aliphatic carbocycles. The third-order valence-electron chi connectivity index (χ3n) is 5.87. The average Bonchev–Trinajstić information content (AvgIpc) is 2.83. The summed E-state index contributed by atoms with van der Waals surface area (Å²) in [6.07, 6.45) is 1.64. The third kappa shape index (κ3) is 5.02. The van der Waals surface area contributed by atoms with Crippen LogP contribution in [0.15, 0.2) is 84.9 Å². The molecule has 1 atom stereocenters. The molecule has 1 aliphatic rings. The Hall–Kier alpha value is -3.40. The predicted molar refractivity (Wildman–Crippen MR) is 124 cm³/mol. The van der Waals surface area contributed by atoms with Gasteiger partial charge in [0.05, 0.1) is 12.5 Å². The number of carbonyl (C=O) groups excluding carboxylic acids is 2. The van der Waals surface area contributed by atoms with E-state index in [1.54, 1.807) is 0 Å². The topological polar surface area (TPSA) is 40.6 Å². The Bertz CT molecular complexity index is 1020. The molecule has 1 unspecified atom stereocenters. The van der Waals surface area contributed by atoms with Gasteiger partial charge in [-0.15, -0.1) is 0 Å². The number of aryl methyl sites for hydroxylation is 1. The SMILES string of the molecule is Cc1ccc(C(=O)N2CCCC(C(=O)N(Cc3ccccc3)c3ccccc3)C2)cc1. The van der Waals surface area contributed by atoms with Crippen molar-refractivity contribution < 1.29 is 9.59 Å². The van der Waals surface area contributed by atoms with Crippen LogP contribution in [0.2, 0.25) is 0 Å². The van der Waals surface area contributed by atoms with Gasteiger partial charge in [-0.05, 0) is 49.6 Å². The van der Waals surface area contributed by atoms with Gasteiger partial charge in [0.25, 0.3) is 5.91 Å². The number of piperidine rings is 1. The van der Waals surface area contributed by atoms with Gasteiger partial charge in [-0.2, -0.15) is 0 Å². The number of likely N-dealkylation sites (tertiary alicyclic amines) is 1. The van der Waals surface area contributed by atoms with Crippen LogP contribution in [0.3, 0.4) is 0 Å². The number of hydrogen-bond acceptors (Lipinski definition) is 2. The number of amides is 2. The van der Waals surface area contributed by atoms with Gasteiger partial charge in [-0.1, -0.05) is 66.2 Å². The maximum absolute atomic E-state index is 13.6. The lowest BCUT2D eigenvalue weighted by atomic mass is 9.95. The van der Waals surface area contributed by atoms with Gasteiger partial charge in [-0.25, -0.2) is 0 Å². The highest BCUT2D eigenvalue weighted by atomic mass is 16.2. The zero-order chi connectivity index (χ0) is 21.6. The van der Waals surface area contributed by atoms with Crippen LogP contribution in [-0.4, -0.2) is 29.8 Å². The molecule has 1 fully saturated rings. The summed E-state index contributed by atoms with van der Waals surface area (Å²) >= 11 is 0. The van der Waals surface area contributed by atoms with Crippen LogP contribution < -0.4 is 4.90 Å². The zero-order valence-electron chi connectivity index (χ0n) is 17.9. The molecule has 0 bridgehead atoms. The van der Waals surface area contributed by atoms with Crippen molar-refractivity contribution >= 4 is 17.5 Å². The Morgan fingerprint density at radius 1 is 0.903 bits per heavy atom. The lowest BCUT2D eigenvalue weighted by Gasteiger charge is -2.35. The second-order valence-corrected chi connectivity index (χ2v) is 8.20. The van der Waals surface area contributed by atoms with Crippen molar-refractivity contribution in [1.29, 1.82) is 0 Å². The summed E-state index contributed by atoms with van der Waals surface area (Å²) in [5, 5.41) is 0. The van der Waals surface area contributed by atoms with Crippen LogP contribution in [0, 0.1) is 12.8 Å². The minimum Gasteiger partial charge on any atom is -0.338 e. The molecule has 4 heteroatoms. The number of benzene rings is 3. The first-order chi connectivity index (χ1) is 15.1. The van der Waals surface area contributed by atoms with Gasteiger partial charge in [0.2, 0.25) is 5.91 Å². The smallest absolute Gasteiger partial charge is 0.253 e. The summed E-state index contributed by atoms with van der Waals surface area (Å²) in [7, 11) is 0. The van der Waals surface area contributed by atoms with Gasteiger partial charge >= 0.3 is 0 Å². The molecule has 4 rings (SSSR count). The third-order valence-corrected chi connectivity index (χ3v) is 5.87. The van der Waals surface area contributed by atoms with Crippen molar-refractivity contribution in [3.05, 3.63) is 102 Å². The highest BCUT2D eigenvalue weighted by Gasteiger charge is 2.32. The first kappa shape index (κ1) is 20.9. The summed E-state index contributed by atoms with van der Waals surface area (Å²) < 4.78 is 0. The van der Waals surface area contributed by atoms with E-state index in [0.717, 1.165) is 29.7 Å². The molecule has 158 valence electrons. The summed E-state index contributed by atoms with van der Waals surface area (Å²) in [6.45, 7) is 3.69. The van der Waals surface area contributed by atoms with E-state index in [-0.39, 0.29) is 17.7 Å². The van der Waals surface area contributed by atoms with Crippen molar-refractivity contribution in [2.24, 2.45) is 5.92 Å². The molecule has 0 saturated carbocycles. The summed E-state index contributed by atoms with van der Waals surface area (Å²) in [5.74, 6) is -0.115. The maximum Gasteiger partial charge on any atom is 0.253 e. The molecule has 2 amide bonds. The Labute approximate surface area is 184 Å². The lowest BCUT2D eigenvalue weighted by molar-refractivity contribution is -0.123. The van der Waals surface area contributed by atoms with Crippen LogP contribution in [0.1, 0.15) is 34.3 Å². The monoisotopic (exact) mass is 412 g/mol. The predicted octanol–water partition coefficient (Wildman–Crippen LogP) is 5.08. The molecule has 1 saturated heterocycles. The standard InChI is InChI=1S/C27H28N2O2/c1-21-14-16-23(17-15-21)26(30)28-18-8-11-24(20-28)27(31)29(25-12-6-3-7-13-25)19-22-9-4-2-5-10-22/h2-7,9-10,12-17,24H,8,11,18-20H2,1H3. The van der Waals surface area contributed by atoms with Crippen LogP contribution in [0.25, 0.3) is 0 Å². The molecule has 1 aliphatic heterocycles. The highest BCUT2D eigenvalue weighted by Crippen LogP contribution is 2.25. The fourth-order valence-corrected chi connectivity index (χ4v) is 4.13. The highest BCUT2D eigenvalue weighted by molar-refractivity contribution is 5.97. The van der Waals surface area contributed by atoms with E-state index < -0.39 is 0 Å². The molecule has 4 nitrogen and oxygen atoms in total. The van der Waals surface area contributed by atoms with Crippen LogP contribution >= 0.6 is 0 Å². The zero-order valence-corrected chi connectivity index (χ0v) is 17.9. The molecular weight excluding hydrogens is 384 g/mol. The van der Waals surface area contributed by atoms with Crippen molar-refractivity contribution in [3.63, 3.8) is 0 Å². The lowest BCUT2D eigenvalue weighted by Crippen LogP contribution is -2.46. The van der Waals surface area contributed by atoms with E-state index in [1.807, 2.05) is 102 Å². The van der Waals surface area contributed by atoms with Crippen LogP contribution in [-0.2, 0) is 11.3 Å². The van der Waals surface area contributed by atoms with Crippen molar-refractivity contribution in [2.75, 3.05) is 18.0 Å². The Balaban J connectivity index is 1.53. The summed E-state index contributed by atoms with van der Waals surface area (Å²) in [6, 6.07) is 27.5. The second-order valence-electron chi connectivity index (χ2n) is 8.20. The van der Waals surface area contributed by atoms with Crippen molar-refractivity contribution in [1.82, 2.24) is 4.90 Å². The summed E-state index contributed by atoms with van der Waals surface area (Å²) in [4.78, 5) is 30.3. The summed E-state index contributed by atoms with van der Waals surface area (Å²) in [5.41, 5.74) is 3.78. The van der Waals surface area contributed by atoms with E-state index in [9.17, 15) is 9.59 Å². The molecule has 0 aromatic heterocycles. The molecular formula is C27H28N2O2. The molecule has 3 aromatic carbocycles. The van der Waals surface area contributed by atoms with E-state index in [1.165, 1.54) is 0 Å². The number of para-hydroxylation sites is 1. The quantitative estimate of drug-likeness (QED) is 0.586. The fraction of sp³-hybridized carbons (Fsp3) is 0.259. The van der Waals surface area contributed by atoms with Crippen LogP contribution in [0.5, 0.6) is 0 Å². The van der Waals surface area contributed by atoms with Crippen molar-refractivity contribution in [2.45, 2.75) is 26.3 Å². The molecule has 0 N–H and O–H groups in total. The molecule has 1 heterocycles.